The molecule has 0 aliphatic heterocycles. The maximum absolute atomic E-state index is 8.87. The van der Waals surface area contributed by atoms with Crippen LogP contribution in [0.5, 0.6) is 0 Å². The van der Waals surface area contributed by atoms with E-state index < -0.39 is 6.04 Å². The molecule has 0 bridgehead atoms. The van der Waals surface area contributed by atoms with E-state index in [9.17, 15) is 0 Å². The molecule has 0 unspecified atom stereocenters. The van der Waals surface area contributed by atoms with Gasteiger partial charge in [0.1, 0.15) is 0 Å². The molecular formula is C39H25N5. The van der Waals surface area contributed by atoms with E-state index in [1.165, 1.54) is 0 Å². The number of nitrogens with zero attached hydrogens (tertiary/aromatic N) is 5. The Kier molecular flexibility index (Phi) is 4.42. The first-order valence-electron chi connectivity index (χ1n) is 16.8. The zero-order valence-corrected chi connectivity index (χ0v) is 23.3. The number of rotatable bonds is 4. The highest BCUT2D eigenvalue weighted by molar-refractivity contribution is 6.26. The number of benzene rings is 6. The molecule has 0 saturated carbocycles. The molecule has 5 nitrogen and oxygen atoms in total. The van der Waals surface area contributed by atoms with Gasteiger partial charge in [-0.2, -0.15) is 9.97 Å². The summed E-state index contributed by atoms with van der Waals surface area (Å²) in [6, 6.07) is 37.8. The van der Waals surface area contributed by atoms with Crippen molar-refractivity contribution >= 4 is 43.6 Å². The summed E-state index contributed by atoms with van der Waals surface area (Å²) in [7, 11) is 0. The lowest BCUT2D eigenvalue weighted by Gasteiger charge is -2.11. The average Bonchev–Trinajstić information content (AvgIpc) is 3.67. The van der Waals surface area contributed by atoms with E-state index in [1.807, 2.05) is 115 Å². The summed E-state index contributed by atoms with van der Waals surface area (Å²) in [5.41, 5.74) is 4.94. The molecule has 0 atom stereocenters. The van der Waals surface area contributed by atoms with Gasteiger partial charge in [0.25, 0.3) is 0 Å². The Bertz CT molecular complexity index is 2690. The first kappa shape index (κ1) is 19.9. The quantitative estimate of drug-likeness (QED) is 0.212. The van der Waals surface area contributed by atoms with Crippen LogP contribution in [0, 0.1) is 0 Å². The molecule has 44 heavy (non-hydrogen) atoms. The predicted molar refractivity (Wildman–Crippen MR) is 179 cm³/mol. The van der Waals surface area contributed by atoms with Gasteiger partial charge in [0.15, 0.2) is 11.6 Å². The van der Waals surface area contributed by atoms with Crippen molar-refractivity contribution in [3.05, 3.63) is 152 Å². The van der Waals surface area contributed by atoms with Crippen molar-refractivity contribution in [1.82, 2.24) is 24.1 Å². The van der Waals surface area contributed by atoms with Gasteiger partial charge in [-0.25, -0.2) is 4.98 Å². The molecule has 0 aliphatic rings. The number of fused-ring (bicyclic) bond motifs is 7. The van der Waals surface area contributed by atoms with Crippen molar-refractivity contribution in [2.75, 3.05) is 0 Å². The molecule has 0 spiro atoms. The van der Waals surface area contributed by atoms with E-state index in [0.29, 0.717) is 28.6 Å². The van der Waals surface area contributed by atoms with Gasteiger partial charge >= 0.3 is 0 Å². The molecule has 6 aromatic carbocycles. The van der Waals surface area contributed by atoms with E-state index in [-0.39, 0.29) is 29.9 Å². The number of hydrogen-bond acceptors (Lipinski definition) is 3. The van der Waals surface area contributed by atoms with E-state index in [2.05, 4.69) is 10.6 Å². The van der Waals surface area contributed by atoms with Crippen LogP contribution in [-0.2, 0) is 0 Å². The summed E-state index contributed by atoms with van der Waals surface area (Å²) in [5, 5.41) is 3.68. The van der Waals surface area contributed by atoms with Crippen LogP contribution in [0.25, 0.3) is 78.0 Å². The van der Waals surface area contributed by atoms with Crippen LogP contribution in [0.1, 0.15) is 6.85 Å². The molecule has 3 heterocycles. The molecule has 0 saturated heterocycles. The van der Waals surface area contributed by atoms with Gasteiger partial charge in [-0.3, -0.25) is 4.57 Å². The molecule has 5 heteroatoms. The van der Waals surface area contributed by atoms with Crippen molar-refractivity contribution in [2.24, 2.45) is 0 Å². The summed E-state index contributed by atoms with van der Waals surface area (Å²) in [6.07, 6.45) is 0. The minimum Gasteiger partial charge on any atom is -0.309 e. The Morgan fingerprint density at radius 2 is 1.02 bits per heavy atom. The summed E-state index contributed by atoms with van der Waals surface area (Å²) < 4.78 is 46.7. The number of hydrogen-bond donors (Lipinski definition) is 0. The van der Waals surface area contributed by atoms with E-state index >= 15 is 0 Å². The fourth-order valence-electron chi connectivity index (χ4n) is 6.21. The largest absolute Gasteiger partial charge is 0.309 e. The molecule has 0 N–H and O–H groups in total. The number of para-hydroxylation sites is 3. The van der Waals surface area contributed by atoms with Crippen LogP contribution in [0.15, 0.2) is 152 Å². The molecule has 0 fully saturated rings. The fourth-order valence-corrected chi connectivity index (χ4v) is 6.21. The van der Waals surface area contributed by atoms with Gasteiger partial charge < -0.3 is 4.57 Å². The highest BCUT2D eigenvalue weighted by atomic mass is 15.2. The van der Waals surface area contributed by atoms with Gasteiger partial charge in [-0.05, 0) is 30.3 Å². The Morgan fingerprint density at radius 1 is 0.455 bits per heavy atom. The Hall–Kier alpha value is -6.07. The van der Waals surface area contributed by atoms with Crippen LogP contribution in [-0.4, -0.2) is 24.1 Å². The van der Waals surface area contributed by atoms with Crippen molar-refractivity contribution < 1.29 is 6.85 Å². The number of aromatic nitrogens is 5. The molecule has 9 rings (SSSR count). The van der Waals surface area contributed by atoms with E-state index in [1.54, 1.807) is 4.57 Å². The summed E-state index contributed by atoms with van der Waals surface area (Å²) in [6.45, 7) is 0. The lowest BCUT2D eigenvalue weighted by molar-refractivity contribution is 0.955. The van der Waals surface area contributed by atoms with E-state index in [4.69, 9.17) is 21.8 Å². The zero-order chi connectivity index (χ0) is 33.4. The summed E-state index contributed by atoms with van der Waals surface area (Å²) >= 11 is 0. The van der Waals surface area contributed by atoms with Gasteiger partial charge in [0.05, 0.1) is 28.9 Å². The lowest BCUT2D eigenvalue weighted by atomic mass is 10.1. The van der Waals surface area contributed by atoms with Crippen LogP contribution in [0.4, 0.5) is 0 Å². The van der Waals surface area contributed by atoms with Crippen LogP contribution < -0.4 is 0 Å². The Labute approximate surface area is 260 Å². The van der Waals surface area contributed by atoms with Crippen molar-refractivity contribution in [1.29, 1.82) is 0 Å². The highest BCUT2D eigenvalue weighted by Gasteiger charge is 2.22. The maximum atomic E-state index is 8.87. The first-order valence-corrected chi connectivity index (χ1v) is 14.3. The summed E-state index contributed by atoms with van der Waals surface area (Å²) in [4.78, 5) is 15.1. The molecule has 206 valence electrons. The minimum atomic E-state index is -0.430. The molecule has 0 amide bonds. The smallest absolute Gasteiger partial charge is 0.238 e. The third-order valence-electron chi connectivity index (χ3n) is 8.07. The topological polar surface area (TPSA) is 48.5 Å². The first-order chi connectivity index (χ1) is 23.9. The Morgan fingerprint density at radius 3 is 1.68 bits per heavy atom. The van der Waals surface area contributed by atoms with Crippen molar-refractivity contribution in [3.8, 4) is 34.4 Å². The van der Waals surface area contributed by atoms with Gasteiger partial charge in [-0.1, -0.05) is 121 Å². The maximum Gasteiger partial charge on any atom is 0.238 e. The van der Waals surface area contributed by atoms with Gasteiger partial charge in [0.2, 0.25) is 5.95 Å². The standard InChI is InChI=1S/C39H25N5/c1-4-14-26(15-5-1)37-40-38(27-16-6-2-7-17-27)42-39(41-37)44-32-22-12-10-20-29(32)30-24-25-34-35(36(30)44)31-21-11-13-23-33(31)43(34)28-18-8-3-9-19-28/h1-25H/i3D,8D,9D,18D,19D. The summed E-state index contributed by atoms with van der Waals surface area (Å²) in [5.74, 6) is 1.50. The van der Waals surface area contributed by atoms with Crippen LogP contribution in [0.2, 0.25) is 0 Å². The normalized spacial score (nSPS) is 13.2. The zero-order valence-electron chi connectivity index (χ0n) is 28.3. The predicted octanol–water partition coefficient (Wildman–Crippen LogP) is 9.40. The molecular weight excluding hydrogens is 538 g/mol. The SMILES string of the molecule is [2H]c1c([2H])c([2H])c(-n2c3ccccc3c3c2ccc2c4ccccc4n(-c4nc(-c5ccccc5)nc(-c5ccccc5)n4)c23)c([2H])c1[2H]. The Balaban J connectivity index is 1.46. The van der Waals surface area contributed by atoms with Gasteiger partial charge in [0, 0.05) is 38.4 Å². The molecule has 0 aliphatic carbocycles. The second-order valence-corrected chi connectivity index (χ2v) is 10.5. The minimum absolute atomic E-state index is 0.0945. The van der Waals surface area contributed by atoms with Crippen LogP contribution >= 0.6 is 0 Å². The van der Waals surface area contributed by atoms with Gasteiger partial charge in [-0.15, -0.1) is 0 Å². The molecule has 3 aromatic heterocycles. The third-order valence-corrected chi connectivity index (χ3v) is 8.07. The lowest BCUT2D eigenvalue weighted by Crippen LogP contribution is -2.06. The highest BCUT2D eigenvalue weighted by Crippen LogP contribution is 2.41. The fraction of sp³-hybridized carbons (Fsp3) is 0. The van der Waals surface area contributed by atoms with Crippen molar-refractivity contribution in [2.45, 2.75) is 0 Å². The molecule has 0 radical (unpaired) electrons. The average molecular weight is 569 g/mol. The van der Waals surface area contributed by atoms with E-state index in [0.717, 1.165) is 43.7 Å². The van der Waals surface area contributed by atoms with Crippen LogP contribution in [0.3, 0.4) is 0 Å². The van der Waals surface area contributed by atoms with Crippen molar-refractivity contribution in [3.63, 3.8) is 0 Å². The third kappa shape index (κ3) is 3.69. The molecule has 9 aromatic rings. The second kappa shape index (κ2) is 9.75. The monoisotopic (exact) mass is 568 g/mol. The second-order valence-electron chi connectivity index (χ2n) is 10.5.